The third kappa shape index (κ3) is 3.67. The second-order valence-electron chi connectivity index (χ2n) is 6.51. The molecular weight excluding hydrogens is 348 g/mol. The van der Waals surface area contributed by atoms with E-state index in [1.165, 1.54) is 0 Å². The molecule has 10 heteroatoms. The van der Waals surface area contributed by atoms with Crippen LogP contribution >= 0.6 is 0 Å². The highest BCUT2D eigenvalue weighted by molar-refractivity contribution is 5.98. The number of hydrogen-bond acceptors (Lipinski definition) is 9. The SMILES string of the molecule is COC1=NC(CCO)(Nc2ccc3cn[nH]c3c2)N=C(N2CCNCC2)N1. The Kier molecular flexibility index (Phi) is 4.82. The average molecular weight is 372 g/mol. The molecule has 2 aromatic rings. The first-order valence-electron chi connectivity index (χ1n) is 9.00. The van der Waals surface area contributed by atoms with Crippen LogP contribution in [0.4, 0.5) is 5.69 Å². The lowest BCUT2D eigenvalue weighted by molar-refractivity contribution is 0.245. The van der Waals surface area contributed by atoms with E-state index < -0.39 is 5.79 Å². The van der Waals surface area contributed by atoms with Gasteiger partial charge in [-0.3, -0.25) is 10.4 Å². The monoisotopic (exact) mass is 372 g/mol. The van der Waals surface area contributed by atoms with Crippen LogP contribution < -0.4 is 16.0 Å². The number of methoxy groups -OCH3 is 1. The zero-order valence-corrected chi connectivity index (χ0v) is 15.2. The van der Waals surface area contributed by atoms with Crippen LogP contribution in [0.1, 0.15) is 6.42 Å². The quantitative estimate of drug-likeness (QED) is 0.507. The summed E-state index contributed by atoms with van der Waals surface area (Å²) in [6.07, 6.45) is 2.08. The summed E-state index contributed by atoms with van der Waals surface area (Å²) < 4.78 is 5.39. The third-order valence-electron chi connectivity index (χ3n) is 4.65. The number of anilines is 1. The van der Waals surface area contributed by atoms with Gasteiger partial charge in [0.15, 0.2) is 0 Å². The van der Waals surface area contributed by atoms with E-state index in [0.717, 1.165) is 42.8 Å². The summed E-state index contributed by atoms with van der Waals surface area (Å²) in [7, 11) is 1.56. The van der Waals surface area contributed by atoms with Crippen molar-refractivity contribution in [1.82, 2.24) is 25.7 Å². The molecule has 10 nitrogen and oxygen atoms in total. The largest absolute Gasteiger partial charge is 0.468 e. The van der Waals surface area contributed by atoms with Gasteiger partial charge in [0.1, 0.15) is 0 Å². The summed E-state index contributed by atoms with van der Waals surface area (Å²) in [5.74, 6) is -0.369. The van der Waals surface area contributed by atoms with Crippen molar-refractivity contribution in [3.05, 3.63) is 24.4 Å². The van der Waals surface area contributed by atoms with Gasteiger partial charge in [0, 0.05) is 50.3 Å². The summed E-state index contributed by atoms with van der Waals surface area (Å²) in [6.45, 7) is 3.36. The number of aliphatic hydroxyl groups excluding tert-OH is 1. The molecule has 1 aromatic heterocycles. The van der Waals surface area contributed by atoms with E-state index in [9.17, 15) is 5.11 Å². The highest BCUT2D eigenvalue weighted by Crippen LogP contribution is 2.26. The van der Waals surface area contributed by atoms with Crippen molar-refractivity contribution in [1.29, 1.82) is 0 Å². The Hall–Kier alpha value is -2.85. The molecule has 0 aliphatic carbocycles. The zero-order chi connectivity index (χ0) is 18.7. The molecule has 4 rings (SSSR count). The number of rotatable bonds is 4. The lowest BCUT2D eigenvalue weighted by Gasteiger charge is -2.37. The van der Waals surface area contributed by atoms with Crippen LogP contribution in [-0.2, 0) is 4.74 Å². The van der Waals surface area contributed by atoms with Crippen LogP contribution in [0, 0.1) is 0 Å². The smallest absolute Gasteiger partial charge is 0.295 e. The van der Waals surface area contributed by atoms with Crippen molar-refractivity contribution in [2.45, 2.75) is 12.2 Å². The maximum atomic E-state index is 9.68. The predicted octanol–water partition coefficient (Wildman–Crippen LogP) is -0.122. The second kappa shape index (κ2) is 7.41. The van der Waals surface area contributed by atoms with Gasteiger partial charge in [0.05, 0.1) is 18.8 Å². The van der Waals surface area contributed by atoms with Gasteiger partial charge in [-0.15, -0.1) is 0 Å². The van der Waals surface area contributed by atoms with Crippen molar-refractivity contribution >= 4 is 28.6 Å². The molecule has 2 aliphatic rings. The van der Waals surface area contributed by atoms with Gasteiger partial charge in [-0.2, -0.15) is 10.1 Å². The van der Waals surface area contributed by atoms with Gasteiger partial charge in [0.2, 0.25) is 11.7 Å². The number of benzene rings is 1. The molecule has 2 aliphatic heterocycles. The van der Waals surface area contributed by atoms with Crippen molar-refractivity contribution in [3.8, 4) is 0 Å². The predicted molar refractivity (Wildman–Crippen MR) is 104 cm³/mol. The van der Waals surface area contributed by atoms with E-state index in [0.29, 0.717) is 18.4 Å². The lowest BCUT2D eigenvalue weighted by Crippen LogP contribution is -2.57. The molecule has 0 radical (unpaired) electrons. The first kappa shape index (κ1) is 17.6. The number of nitrogens with zero attached hydrogens (tertiary/aromatic N) is 4. The molecule has 144 valence electrons. The average Bonchev–Trinajstić information content (AvgIpc) is 3.16. The topological polar surface area (TPSA) is 122 Å². The highest BCUT2D eigenvalue weighted by Gasteiger charge is 2.35. The molecule has 3 heterocycles. The van der Waals surface area contributed by atoms with Crippen LogP contribution in [0.2, 0.25) is 0 Å². The fourth-order valence-electron chi connectivity index (χ4n) is 3.27. The van der Waals surface area contributed by atoms with Crippen molar-refractivity contribution in [2.75, 3.05) is 45.2 Å². The Bertz CT molecular complexity index is 857. The standard InChI is InChI=1S/C17H24N8O2/c1-27-16-20-15(25-7-5-18-6-8-25)22-17(23-16,4-9-26)21-13-3-2-12-11-19-24-14(12)10-13/h2-3,10-11,18,21,26H,4-9H2,1H3,(H,19,24)(H,20,22,23). The fourth-order valence-corrected chi connectivity index (χ4v) is 3.27. The Morgan fingerprint density at radius 1 is 1.30 bits per heavy atom. The number of H-pyrrole nitrogens is 1. The van der Waals surface area contributed by atoms with Crippen molar-refractivity contribution in [3.63, 3.8) is 0 Å². The molecule has 0 amide bonds. The van der Waals surface area contributed by atoms with Crippen molar-refractivity contribution < 1.29 is 9.84 Å². The third-order valence-corrected chi connectivity index (χ3v) is 4.65. The summed E-state index contributed by atoms with van der Waals surface area (Å²) in [5.41, 5.74) is 1.74. The Morgan fingerprint density at radius 2 is 2.15 bits per heavy atom. The molecule has 1 atom stereocenters. The first-order chi connectivity index (χ1) is 13.2. The maximum Gasteiger partial charge on any atom is 0.295 e. The number of hydrogen-bond donors (Lipinski definition) is 5. The Labute approximate surface area is 156 Å². The fraction of sp³-hybridized carbons (Fsp3) is 0.471. The van der Waals surface area contributed by atoms with Gasteiger partial charge in [0.25, 0.3) is 6.02 Å². The molecule has 0 saturated carbocycles. The molecule has 0 spiro atoms. The van der Waals surface area contributed by atoms with Crippen LogP contribution in [0.15, 0.2) is 34.4 Å². The van der Waals surface area contributed by atoms with Crippen LogP contribution in [-0.4, -0.2) is 77.9 Å². The minimum Gasteiger partial charge on any atom is -0.468 e. The molecule has 1 fully saturated rings. The minimum absolute atomic E-state index is 0.0713. The molecule has 27 heavy (non-hydrogen) atoms. The first-order valence-corrected chi connectivity index (χ1v) is 9.00. The van der Waals surface area contributed by atoms with E-state index in [4.69, 9.17) is 9.73 Å². The number of amidine groups is 1. The van der Waals surface area contributed by atoms with E-state index in [-0.39, 0.29) is 6.61 Å². The Morgan fingerprint density at radius 3 is 2.93 bits per heavy atom. The minimum atomic E-state index is -1.06. The molecule has 1 saturated heterocycles. The number of aliphatic imine (C=N–C) groups is 2. The number of nitrogens with one attached hydrogen (secondary N) is 4. The van der Waals surface area contributed by atoms with E-state index in [1.54, 1.807) is 13.3 Å². The number of ether oxygens (including phenoxy) is 1. The number of aliphatic hydroxyl groups is 1. The molecular formula is C17H24N8O2. The molecule has 1 aromatic carbocycles. The van der Waals surface area contributed by atoms with Crippen LogP contribution in [0.25, 0.3) is 10.9 Å². The summed E-state index contributed by atoms with van der Waals surface area (Å²) in [5, 5.41) is 27.5. The molecule has 0 bridgehead atoms. The highest BCUT2D eigenvalue weighted by atomic mass is 16.5. The van der Waals surface area contributed by atoms with Gasteiger partial charge in [-0.05, 0) is 18.2 Å². The number of aromatic nitrogens is 2. The number of guanidine groups is 1. The van der Waals surface area contributed by atoms with Crippen molar-refractivity contribution in [2.24, 2.45) is 9.98 Å². The molecule has 1 unspecified atom stereocenters. The van der Waals surface area contributed by atoms with Gasteiger partial charge >= 0.3 is 0 Å². The van der Waals surface area contributed by atoms with E-state index >= 15 is 0 Å². The Balaban J connectivity index is 1.68. The second-order valence-corrected chi connectivity index (χ2v) is 6.51. The van der Waals surface area contributed by atoms with E-state index in [1.807, 2.05) is 18.2 Å². The summed E-state index contributed by atoms with van der Waals surface area (Å²) in [6, 6.07) is 6.23. The lowest BCUT2D eigenvalue weighted by atomic mass is 10.2. The maximum absolute atomic E-state index is 9.68. The van der Waals surface area contributed by atoms with Gasteiger partial charge < -0.3 is 25.4 Å². The number of piperazine rings is 1. The summed E-state index contributed by atoms with van der Waals surface area (Å²) >= 11 is 0. The number of fused-ring (bicyclic) bond motifs is 1. The van der Waals surface area contributed by atoms with Crippen LogP contribution in [0.5, 0.6) is 0 Å². The normalized spacial score (nSPS) is 22.8. The number of aromatic amines is 1. The zero-order valence-electron chi connectivity index (χ0n) is 15.2. The van der Waals surface area contributed by atoms with Gasteiger partial charge in [-0.25, -0.2) is 4.99 Å². The summed E-state index contributed by atoms with van der Waals surface area (Å²) in [4.78, 5) is 11.6. The van der Waals surface area contributed by atoms with Gasteiger partial charge in [-0.1, -0.05) is 0 Å². The molecule has 5 N–H and O–H groups in total. The van der Waals surface area contributed by atoms with E-state index in [2.05, 4.69) is 36.0 Å². The van der Waals surface area contributed by atoms with Crippen LogP contribution in [0.3, 0.4) is 0 Å².